The third-order valence-electron chi connectivity index (χ3n) is 4.77. The molecule has 30 heavy (non-hydrogen) atoms. The van der Waals surface area contributed by atoms with Crippen LogP contribution >= 0.6 is 0 Å². The fourth-order valence-electron chi connectivity index (χ4n) is 3.29. The van der Waals surface area contributed by atoms with Gasteiger partial charge in [0.15, 0.2) is 11.5 Å². The van der Waals surface area contributed by atoms with E-state index in [4.69, 9.17) is 9.47 Å². The maximum absolute atomic E-state index is 12.6. The van der Waals surface area contributed by atoms with E-state index >= 15 is 0 Å². The number of carbonyl (C=O) groups is 1. The topological polar surface area (TPSA) is 59.6 Å². The van der Waals surface area contributed by atoms with Crippen LogP contribution in [0.15, 0.2) is 78.9 Å². The second-order valence-electron chi connectivity index (χ2n) is 6.82. The minimum atomic E-state index is -0.210. The maximum Gasteiger partial charge on any atom is 0.315 e. The lowest BCUT2D eigenvalue weighted by molar-refractivity contribution is 0.239. The highest BCUT2D eigenvalue weighted by Gasteiger charge is 2.16. The molecule has 3 aromatic carbocycles. The molecular formula is C25H28N2O3. The Labute approximate surface area is 178 Å². The number of amides is 2. The van der Waals surface area contributed by atoms with E-state index in [1.807, 2.05) is 85.8 Å². The Morgan fingerprint density at radius 2 is 1.53 bits per heavy atom. The van der Waals surface area contributed by atoms with Gasteiger partial charge in [-0.25, -0.2) is 4.79 Å². The van der Waals surface area contributed by atoms with Gasteiger partial charge in [0.2, 0.25) is 0 Å². The molecule has 0 aliphatic heterocycles. The van der Waals surface area contributed by atoms with Crippen molar-refractivity contribution in [2.75, 3.05) is 20.3 Å². The van der Waals surface area contributed by atoms with E-state index in [-0.39, 0.29) is 12.1 Å². The van der Waals surface area contributed by atoms with Crippen LogP contribution in [-0.4, -0.2) is 26.3 Å². The number of methoxy groups -OCH3 is 1. The summed E-state index contributed by atoms with van der Waals surface area (Å²) in [7, 11) is 1.63. The van der Waals surface area contributed by atoms with Gasteiger partial charge in [0.1, 0.15) is 0 Å². The zero-order valence-corrected chi connectivity index (χ0v) is 17.4. The SMILES string of the molecule is CCOc1ccc(CCNC(=O)NC(c2ccccc2)c2ccccc2)cc1OC. The highest BCUT2D eigenvalue weighted by molar-refractivity contribution is 5.75. The van der Waals surface area contributed by atoms with E-state index in [0.29, 0.717) is 25.3 Å². The van der Waals surface area contributed by atoms with Crippen molar-refractivity contribution in [2.45, 2.75) is 19.4 Å². The molecule has 0 aliphatic rings. The lowest BCUT2D eigenvalue weighted by Gasteiger charge is -2.20. The molecule has 0 radical (unpaired) electrons. The summed E-state index contributed by atoms with van der Waals surface area (Å²) in [6.45, 7) is 3.04. The van der Waals surface area contributed by atoms with Gasteiger partial charge in [-0.15, -0.1) is 0 Å². The van der Waals surface area contributed by atoms with Crippen LogP contribution in [-0.2, 0) is 6.42 Å². The zero-order chi connectivity index (χ0) is 21.2. The van der Waals surface area contributed by atoms with Gasteiger partial charge in [-0.05, 0) is 42.2 Å². The number of hydrogen-bond donors (Lipinski definition) is 2. The first-order valence-electron chi connectivity index (χ1n) is 10.1. The van der Waals surface area contributed by atoms with Crippen molar-refractivity contribution in [3.63, 3.8) is 0 Å². The number of ether oxygens (including phenoxy) is 2. The number of benzene rings is 3. The average Bonchev–Trinajstić information content (AvgIpc) is 2.79. The number of rotatable bonds is 9. The minimum absolute atomic E-state index is 0.203. The molecule has 0 atom stereocenters. The molecule has 156 valence electrons. The van der Waals surface area contributed by atoms with Gasteiger partial charge in [-0.2, -0.15) is 0 Å². The normalized spacial score (nSPS) is 10.5. The molecule has 0 saturated carbocycles. The summed E-state index contributed by atoms with van der Waals surface area (Å²) in [4.78, 5) is 12.6. The summed E-state index contributed by atoms with van der Waals surface area (Å²) in [5, 5.41) is 6.05. The Balaban J connectivity index is 1.60. The quantitative estimate of drug-likeness (QED) is 0.542. The van der Waals surface area contributed by atoms with E-state index in [0.717, 1.165) is 22.4 Å². The van der Waals surface area contributed by atoms with Crippen LogP contribution in [0.25, 0.3) is 0 Å². The van der Waals surface area contributed by atoms with E-state index < -0.39 is 0 Å². The molecule has 2 N–H and O–H groups in total. The second-order valence-corrected chi connectivity index (χ2v) is 6.82. The lowest BCUT2D eigenvalue weighted by Crippen LogP contribution is -2.39. The van der Waals surface area contributed by atoms with Gasteiger partial charge in [-0.3, -0.25) is 0 Å². The number of nitrogens with one attached hydrogen (secondary N) is 2. The molecule has 3 rings (SSSR count). The highest BCUT2D eigenvalue weighted by Crippen LogP contribution is 2.28. The van der Waals surface area contributed by atoms with Gasteiger partial charge in [-0.1, -0.05) is 66.7 Å². The first-order chi connectivity index (χ1) is 14.7. The maximum atomic E-state index is 12.6. The fourth-order valence-corrected chi connectivity index (χ4v) is 3.29. The molecule has 5 heteroatoms. The average molecular weight is 405 g/mol. The molecular weight excluding hydrogens is 376 g/mol. The van der Waals surface area contributed by atoms with Crippen molar-refractivity contribution < 1.29 is 14.3 Å². The van der Waals surface area contributed by atoms with E-state index in [1.54, 1.807) is 7.11 Å². The molecule has 0 unspecified atom stereocenters. The van der Waals surface area contributed by atoms with Crippen LogP contribution in [0.5, 0.6) is 11.5 Å². The third-order valence-corrected chi connectivity index (χ3v) is 4.77. The monoisotopic (exact) mass is 404 g/mol. The molecule has 0 spiro atoms. The van der Waals surface area contributed by atoms with Crippen molar-refractivity contribution in [1.82, 2.24) is 10.6 Å². The smallest absolute Gasteiger partial charge is 0.315 e. The summed E-state index contributed by atoms with van der Waals surface area (Å²) < 4.78 is 10.9. The van der Waals surface area contributed by atoms with Crippen LogP contribution in [0.1, 0.15) is 29.7 Å². The second kappa shape index (κ2) is 10.9. The first-order valence-corrected chi connectivity index (χ1v) is 10.1. The third kappa shape index (κ3) is 5.77. The molecule has 2 amide bonds. The Bertz CT molecular complexity index is 890. The minimum Gasteiger partial charge on any atom is -0.493 e. The first kappa shape index (κ1) is 21.2. The summed E-state index contributed by atoms with van der Waals surface area (Å²) in [5.41, 5.74) is 3.14. The van der Waals surface area contributed by atoms with Crippen molar-refractivity contribution in [3.05, 3.63) is 95.6 Å². The van der Waals surface area contributed by atoms with Crippen molar-refractivity contribution in [1.29, 1.82) is 0 Å². The van der Waals surface area contributed by atoms with Gasteiger partial charge < -0.3 is 20.1 Å². The van der Waals surface area contributed by atoms with Gasteiger partial charge in [0.25, 0.3) is 0 Å². The largest absolute Gasteiger partial charge is 0.493 e. The summed E-state index contributed by atoms with van der Waals surface area (Å²) in [5.74, 6) is 1.43. The highest BCUT2D eigenvalue weighted by atomic mass is 16.5. The molecule has 0 heterocycles. The Kier molecular flexibility index (Phi) is 7.72. The predicted molar refractivity (Wildman–Crippen MR) is 119 cm³/mol. The number of hydrogen-bond acceptors (Lipinski definition) is 3. The summed E-state index contributed by atoms with van der Waals surface area (Å²) >= 11 is 0. The standard InChI is InChI=1S/C25H28N2O3/c1-3-30-22-15-14-19(18-23(22)29-2)16-17-26-25(28)27-24(20-10-6-4-7-11-20)21-12-8-5-9-13-21/h4-15,18,24H,3,16-17H2,1-2H3,(H2,26,27,28). The molecule has 0 aliphatic carbocycles. The Morgan fingerprint density at radius 3 is 2.10 bits per heavy atom. The van der Waals surface area contributed by atoms with Crippen molar-refractivity contribution in [2.24, 2.45) is 0 Å². The Hall–Kier alpha value is -3.47. The van der Waals surface area contributed by atoms with Crippen LogP contribution in [0, 0.1) is 0 Å². The summed E-state index contributed by atoms with van der Waals surface area (Å²) in [6.07, 6.45) is 0.692. The van der Waals surface area contributed by atoms with Gasteiger partial charge >= 0.3 is 6.03 Å². The van der Waals surface area contributed by atoms with E-state index in [2.05, 4.69) is 10.6 Å². The lowest BCUT2D eigenvalue weighted by atomic mass is 9.99. The molecule has 0 bridgehead atoms. The van der Waals surface area contributed by atoms with Crippen LogP contribution in [0.3, 0.4) is 0 Å². The molecule has 3 aromatic rings. The summed E-state index contributed by atoms with van der Waals surface area (Å²) in [6, 6.07) is 25.3. The van der Waals surface area contributed by atoms with Crippen molar-refractivity contribution in [3.8, 4) is 11.5 Å². The van der Waals surface area contributed by atoms with Gasteiger partial charge in [0, 0.05) is 6.54 Å². The predicted octanol–water partition coefficient (Wildman–Crippen LogP) is 4.73. The number of carbonyl (C=O) groups excluding carboxylic acids is 1. The molecule has 0 saturated heterocycles. The van der Waals surface area contributed by atoms with Gasteiger partial charge in [0.05, 0.1) is 19.8 Å². The number of urea groups is 1. The molecule has 0 aromatic heterocycles. The molecule has 5 nitrogen and oxygen atoms in total. The van der Waals surface area contributed by atoms with Crippen LogP contribution in [0.2, 0.25) is 0 Å². The van der Waals surface area contributed by atoms with E-state index in [9.17, 15) is 4.79 Å². The van der Waals surface area contributed by atoms with E-state index in [1.165, 1.54) is 0 Å². The zero-order valence-electron chi connectivity index (χ0n) is 17.4. The Morgan fingerprint density at radius 1 is 0.900 bits per heavy atom. The fraction of sp³-hybridized carbons (Fsp3) is 0.240. The molecule has 0 fully saturated rings. The van der Waals surface area contributed by atoms with Crippen LogP contribution in [0.4, 0.5) is 4.79 Å². The van der Waals surface area contributed by atoms with Crippen LogP contribution < -0.4 is 20.1 Å². The van der Waals surface area contributed by atoms with Crippen molar-refractivity contribution >= 4 is 6.03 Å².